The van der Waals surface area contributed by atoms with Gasteiger partial charge in [-0.25, -0.2) is 0 Å². The minimum Gasteiger partial charge on any atom is -0.457 e. The topological polar surface area (TPSA) is 55.8 Å². The predicted molar refractivity (Wildman–Crippen MR) is 72.8 cm³/mol. The van der Waals surface area contributed by atoms with Crippen LogP contribution in [0.25, 0.3) is 0 Å². The molecule has 0 aromatic carbocycles. The highest BCUT2D eigenvalue weighted by molar-refractivity contribution is 6.74. The second kappa shape index (κ2) is 4.61. The Hall–Kier alpha value is -0.393. The average Bonchev–Trinajstić information content (AvgIpc) is 2.38. The van der Waals surface area contributed by atoms with Crippen molar-refractivity contribution >= 4 is 14.3 Å². The summed E-state index contributed by atoms with van der Waals surface area (Å²) >= 11 is 0. The molecule has 18 heavy (non-hydrogen) atoms. The van der Waals surface area contributed by atoms with E-state index in [2.05, 4.69) is 33.9 Å². The van der Waals surface area contributed by atoms with Crippen molar-refractivity contribution in [1.82, 2.24) is 0 Å². The Morgan fingerprint density at radius 2 is 1.89 bits per heavy atom. The van der Waals surface area contributed by atoms with Crippen molar-refractivity contribution in [2.24, 2.45) is 5.41 Å². The number of cyclic esters (lactones) is 1. The van der Waals surface area contributed by atoms with E-state index in [1.54, 1.807) is 13.8 Å². The number of aliphatic hydroxyl groups is 1. The molecule has 4 nitrogen and oxygen atoms in total. The number of hydrogen-bond donors (Lipinski definition) is 1. The molecule has 1 unspecified atom stereocenters. The van der Waals surface area contributed by atoms with Crippen LogP contribution < -0.4 is 0 Å². The Labute approximate surface area is 111 Å². The van der Waals surface area contributed by atoms with E-state index in [-0.39, 0.29) is 17.6 Å². The molecule has 0 aromatic rings. The second-order valence-electron chi connectivity index (χ2n) is 7.18. The van der Waals surface area contributed by atoms with E-state index < -0.39 is 25.9 Å². The zero-order valence-electron chi connectivity index (χ0n) is 12.5. The van der Waals surface area contributed by atoms with Crippen LogP contribution in [0.2, 0.25) is 18.1 Å². The molecular formula is C13H26O4Si. The zero-order valence-corrected chi connectivity index (χ0v) is 13.5. The first-order chi connectivity index (χ1) is 7.89. The van der Waals surface area contributed by atoms with Crippen molar-refractivity contribution in [1.29, 1.82) is 0 Å². The molecule has 1 rings (SSSR count). The van der Waals surface area contributed by atoms with Gasteiger partial charge in [-0.2, -0.15) is 0 Å². The first kappa shape index (κ1) is 15.7. The molecule has 0 bridgehead atoms. The highest BCUT2D eigenvalue weighted by Crippen LogP contribution is 2.38. The molecular weight excluding hydrogens is 248 g/mol. The number of hydrogen-bond acceptors (Lipinski definition) is 4. The summed E-state index contributed by atoms with van der Waals surface area (Å²) in [4.78, 5) is 11.6. The molecule has 0 amide bonds. The molecule has 0 aliphatic carbocycles. The summed E-state index contributed by atoms with van der Waals surface area (Å²) in [6.45, 7) is 14.4. The van der Waals surface area contributed by atoms with Crippen LogP contribution in [0.4, 0.5) is 0 Å². The SMILES string of the molecule is CC1(C)C(=O)O[C@H](CO[Si](C)(C)C(C)(C)C)C1O. The van der Waals surface area contributed by atoms with E-state index in [9.17, 15) is 9.90 Å². The standard InChI is InChI=1S/C13H26O4Si/c1-12(2,3)18(6,7)16-8-9-10(14)13(4,5)11(15)17-9/h9-10,14H,8H2,1-7H3/t9-,10?/m1/s1. The van der Waals surface area contributed by atoms with E-state index in [1.165, 1.54) is 0 Å². The van der Waals surface area contributed by atoms with Crippen molar-refractivity contribution in [2.75, 3.05) is 6.61 Å². The van der Waals surface area contributed by atoms with Crippen molar-refractivity contribution in [3.8, 4) is 0 Å². The van der Waals surface area contributed by atoms with Crippen LogP contribution in [0.15, 0.2) is 0 Å². The Morgan fingerprint density at radius 1 is 1.39 bits per heavy atom. The van der Waals surface area contributed by atoms with Crippen molar-refractivity contribution in [2.45, 2.75) is 65.0 Å². The molecule has 1 saturated heterocycles. The molecule has 0 aromatic heterocycles. The summed E-state index contributed by atoms with van der Waals surface area (Å²) in [6, 6.07) is 0. The lowest BCUT2D eigenvalue weighted by atomic mass is 9.87. The minimum atomic E-state index is -1.87. The maximum atomic E-state index is 11.6. The number of rotatable bonds is 3. The van der Waals surface area contributed by atoms with Gasteiger partial charge in [0.15, 0.2) is 14.4 Å². The maximum absolute atomic E-state index is 11.6. The molecule has 0 radical (unpaired) electrons. The van der Waals surface area contributed by atoms with Gasteiger partial charge in [0.05, 0.1) is 12.0 Å². The lowest BCUT2D eigenvalue weighted by Gasteiger charge is -2.37. The second-order valence-corrected chi connectivity index (χ2v) is 12.0. The van der Waals surface area contributed by atoms with Crippen LogP contribution >= 0.6 is 0 Å². The van der Waals surface area contributed by atoms with Gasteiger partial charge in [0, 0.05) is 0 Å². The number of carbonyl (C=O) groups excluding carboxylic acids is 1. The monoisotopic (exact) mass is 274 g/mol. The third-order valence-corrected chi connectivity index (χ3v) is 8.79. The highest BCUT2D eigenvalue weighted by atomic mass is 28.4. The lowest BCUT2D eigenvalue weighted by molar-refractivity contribution is -0.148. The van der Waals surface area contributed by atoms with Gasteiger partial charge in [-0.15, -0.1) is 0 Å². The van der Waals surface area contributed by atoms with Gasteiger partial charge >= 0.3 is 5.97 Å². The Balaban J connectivity index is 2.64. The molecule has 1 aliphatic rings. The van der Waals surface area contributed by atoms with Crippen LogP contribution in [0.3, 0.4) is 0 Å². The minimum absolute atomic E-state index is 0.107. The quantitative estimate of drug-likeness (QED) is 0.634. The third-order valence-electron chi connectivity index (χ3n) is 4.29. The van der Waals surface area contributed by atoms with Crippen LogP contribution in [0.1, 0.15) is 34.6 Å². The Morgan fingerprint density at radius 3 is 2.22 bits per heavy atom. The summed E-state index contributed by atoms with van der Waals surface area (Å²) in [5.74, 6) is -0.348. The van der Waals surface area contributed by atoms with Crippen LogP contribution in [-0.4, -0.2) is 38.2 Å². The summed E-state index contributed by atoms with van der Waals surface area (Å²) in [5.41, 5.74) is -0.832. The van der Waals surface area contributed by atoms with Crippen LogP contribution in [0.5, 0.6) is 0 Å². The molecule has 106 valence electrons. The first-order valence-electron chi connectivity index (χ1n) is 6.43. The number of aliphatic hydroxyl groups excluding tert-OH is 1. The van der Waals surface area contributed by atoms with E-state index in [1.807, 2.05) is 0 Å². The van der Waals surface area contributed by atoms with Gasteiger partial charge in [-0.1, -0.05) is 20.8 Å². The van der Waals surface area contributed by atoms with Gasteiger partial charge in [-0.3, -0.25) is 4.79 Å². The summed E-state index contributed by atoms with van der Waals surface area (Å²) in [7, 11) is -1.87. The average molecular weight is 274 g/mol. The first-order valence-corrected chi connectivity index (χ1v) is 9.33. The maximum Gasteiger partial charge on any atom is 0.314 e. The van der Waals surface area contributed by atoms with Crippen LogP contribution in [0, 0.1) is 5.41 Å². The predicted octanol–water partition coefficient (Wildman–Crippen LogP) is 2.32. The Kier molecular flexibility index (Phi) is 4.02. The molecule has 0 saturated carbocycles. The summed E-state index contributed by atoms with van der Waals surface area (Å²) in [5, 5.41) is 10.2. The van der Waals surface area contributed by atoms with Gasteiger partial charge < -0.3 is 14.3 Å². The molecule has 2 atom stereocenters. The van der Waals surface area contributed by atoms with E-state index >= 15 is 0 Å². The van der Waals surface area contributed by atoms with Crippen LogP contribution in [-0.2, 0) is 14.0 Å². The van der Waals surface area contributed by atoms with Gasteiger partial charge in [0.1, 0.15) is 6.10 Å². The van der Waals surface area contributed by atoms with Gasteiger partial charge in [-0.05, 0) is 32.0 Å². The normalized spacial score (nSPS) is 28.3. The van der Waals surface area contributed by atoms with E-state index in [4.69, 9.17) is 9.16 Å². The largest absolute Gasteiger partial charge is 0.457 e. The molecule has 0 spiro atoms. The van der Waals surface area contributed by atoms with Crippen molar-refractivity contribution in [3.05, 3.63) is 0 Å². The van der Waals surface area contributed by atoms with E-state index in [0.29, 0.717) is 0 Å². The summed E-state index contributed by atoms with van der Waals surface area (Å²) < 4.78 is 11.2. The van der Waals surface area contributed by atoms with Crippen molar-refractivity contribution < 1.29 is 19.1 Å². The highest BCUT2D eigenvalue weighted by Gasteiger charge is 2.51. The summed E-state index contributed by atoms with van der Waals surface area (Å²) in [6.07, 6.45) is -1.34. The van der Waals surface area contributed by atoms with Gasteiger partial charge in [0.25, 0.3) is 0 Å². The van der Waals surface area contributed by atoms with Gasteiger partial charge in [0.2, 0.25) is 0 Å². The fourth-order valence-electron chi connectivity index (χ4n) is 1.57. The lowest BCUT2D eigenvalue weighted by Crippen LogP contribution is -2.44. The number of carbonyl (C=O) groups is 1. The molecule has 1 fully saturated rings. The third kappa shape index (κ3) is 2.78. The zero-order chi connectivity index (χ0) is 14.4. The molecule has 5 heteroatoms. The number of esters is 1. The Bertz CT molecular complexity index is 330. The fraction of sp³-hybridized carbons (Fsp3) is 0.923. The smallest absolute Gasteiger partial charge is 0.314 e. The fourth-order valence-corrected chi connectivity index (χ4v) is 2.59. The molecule has 1 N–H and O–H groups in total. The van der Waals surface area contributed by atoms with E-state index in [0.717, 1.165) is 0 Å². The van der Waals surface area contributed by atoms with Crippen molar-refractivity contribution in [3.63, 3.8) is 0 Å². The molecule has 1 aliphatic heterocycles. The number of ether oxygens (including phenoxy) is 1. The molecule has 1 heterocycles.